The fourth-order valence-electron chi connectivity index (χ4n) is 1.16. The third-order valence-corrected chi connectivity index (χ3v) is 1.93. The minimum absolute atomic E-state index is 0.0897. The van der Waals surface area contributed by atoms with Crippen molar-refractivity contribution in [3.05, 3.63) is 34.6 Å². The smallest absolute Gasteiger partial charge is 0.338 e. The zero-order chi connectivity index (χ0) is 10.7. The van der Waals surface area contributed by atoms with Gasteiger partial charge in [-0.15, -0.1) is 0 Å². The molecule has 4 heteroatoms. The molecule has 1 aromatic carbocycles. The number of benzene rings is 1. The predicted octanol–water partition coefficient (Wildman–Crippen LogP) is 1.90. The van der Waals surface area contributed by atoms with Crippen molar-refractivity contribution in [2.45, 2.75) is 13.3 Å². The number of carboxylic acids is 1. The van der Waals surface area contributed by atoms with Gasteiger partial charge in [0.2, 0.25) is 0 Å². The molecule has 0 spiro atoms. The maximum Gasteiger partial charge on any atom is 0.338 e. The number of nitrogens with zero attached hydrogens (tertiary/aromatic N) is 1. The number of nitriles is 1. The Kier molecular flexibility index (Phi) is 2.82. The summed E-state index contributed by atoms with van der Waals surface area (Å²) < 4.78 is 13.1. The van der Waals surface area contributed by atoms with E-state index >= 15 is 0 Å². The summed E-state index contributed by atoms with van der Waals surface area (Å²) in [4.78, 5) is 10.6. The van der Waals surface area contributed by atoms with Gasteiger partial charge in [-0.05, 0) is 30.2 Å². The maximum atomic E-state index is 13.1. The zero-order valence-electron chi connectivity index (χ0n) is 7.54. The average molecular weight is 193 g/mol. The van der Waals surface area contributed by atoms with Crippen LogP contribution in [-0.4, -0.2) is 11.1 Å². The van der Waals surface area contributed by atoms with E-state index in [4.69, 9.17) is 10.4 Å². The van der Waals surface area contributed by atoms with Crippen LogP contribution in [0.15, 0.2) is 12.1 Å². The van der Waals surface area contributed by atoms with Gasteiger partial charge in [0.25, 0.3) is 0 Å². The van der Waals surface area contributed by atoms with Gasteiger partial charge in [0.05, 0.1) is 18.1 Å². The first-order valence-electron chi connectivity index (χ1n) is 3.95. The second-order valence-electron chi connectivity index (χ2n) is 2.90. The van der Waals surface area contributed by atoms with Crippen LogP contribution >= 0.6 is 0 Å². The summed E-state index contributed by atoms with van der Waals surface area (Å²) in [6, 6.07) is 4.23. The van der Waals surface area contributed by atoms with Crippen LogP contribution in [0, 0.1) is 24.1 Å². The van der Waals surface area contributed by atoms with Crippen LogP contribution < -0.4 is 0 Å². The van der Waals surface area contributed by atoms with Gasteiger partial charge in [0.15, 0.2) is 0 Å². The highest BCUT2D eigenvalue weighted by atomic mass is 19.1. The molecule has 0 saturated carbocycles. The van der Waals surface area contributed by atoms with Crippen molar-refractivity contribution >= 4 is 5.97 Å². The van der Waals surface area contributed by atoms with E-state index in [1.807, 2.05) is 6.07 Å². The zero-order valence-corrected chi connectivity index (χ0v) is 7.54. The Bertz CT molecular complexity index is 421. The quantitative estimate of drug-likeness (QED) is 0.780. The molecule has 1 aromatic rings. The van der Waals surface area contributed by atoms with E-state index in [0.29, 0.717) is 11.1 Å². The van der Waals surface area contributed by atoms with E-state index in [1.54, 1.807) is 6.92 Å². The highest BCUT2D eigenvalue weighted by molar-refractivity contribution is 5.88. The first kappa shape index (κ1) is 10.2. The van der Waals surface area contributed by atoms with Crippen molar-refractivity contribution < 1.29 is 14.3 Å². The number of hydrogen-bond donors (Lipinski definition) is 1. The lowest BCUT2D eigenvalue weighted by atomic mass is 10.0. The summed E-state index contributed by atoms with van der Waals surface area (Å²) in [5.74, 6) is -2.08. The lowest BCUT2D eigenvalue weighted by Crippen LogP contribution is -2.03. The minimum atomic E-state index is -1.32. The molecule has 1 rings (SSSR count). The first-order chi connectivity index (χ1) is 6.56. The number of aryl methyl sites for hydroxylation is 1. The van der Waals surface area contributed by atoms with Crippen LogP contribution in [0.3, 0.4) is 0 Å². The number of halogens is 1. The third-order valence-electron chi connectivity index (χ3n) is 1.93. The Morgan fingerprint density at radius 1 is 1.64 bits per heavy atom. The molecular weight excluding hydrogens is 185 g/mol. The maximum absolute atomic E-state index is 13.1. The van der Waals surface area contributed by atoms with Crippen LogP contribution in [-0.2, 0) is 6.42 Å². The van der Waals surface area contributed by atoms with Gasteiger partial charge in [-0.3, -0.25) is 0 Å². The Labute approximate surface area is 80.4 Å². The SMILES string of the molecule is Cc1cc(F)c(C(=O)O)cc1CC#N. The highest BCUT2D eigenvalue weighted by Gasteiger charge is 2.12. The number of rotatable bonds is 2. The van der Waals surface area contributed by atoms with E-state index in [-0.39, 0.29) is 12.0 Å². The molecule has 3 nitrogen and oxygen atoms in total. The van der Waals surface area contributed by atoms with E-state index in [2.05, 4.69) is 0 Å². The fourth-order valence-corrected chi connectivity index (χ4v) is 1.16. The normalized spacial score (nSPS) is 9.50. The van der Waals surface area contributed by atoms with E-state index in [1.165, 1.54) is 6.07 Å². The largest absolute Gasteiger partial charge is 0.478 e. The molecule has 0 amide bonds. The molecule has 0 aliphatic rings. The van der Waals surface area contributed by atoms with Crippen molar-refractivity contribution in [1.82, 2.24) is 0 Å². The number of carbonyl (C=O) groups is 1. The first-order valence-corrected chi connectivity index (χ1v) is 3.95. The molecule has 0 heterocycles. The van der Waals surface area contributed by atoms with Crippen LogP contribution in [0.2, 0.25) is 0 Å². The summed E-state index contributed by atoms with van der Waals surface area (Å²) in [5, 5.41) is 17.1. The van der Waals surface area contributed by atoms with Crippen molar-refractivity contribution in [3.8, 4) is 6.07 Å². The van der Waals surface area contributed by atoms with Gasteiger partial charge in [0, 0.05) is 0 Å². The van der Waals surface area contributed by atoms with Crippen LogP contribution in [0.1, 0.15) is 21.5 Å². The van der Waals surface area contributed by atoms with E-state index in [9.17, 15) is 9.18 Å². The molecule has 14 heavy (non-hydrogen) atoms. The Morgan fingerprint density at radius 2 is 2.29 bits per heavy atom. The summed E-state index contributed by atoms with van der Waals surface area (Å²) in [5.41, 5.74) is 0.751. The molecule has 0 aliphatic heterocycles. The number of carboxylic acid groups (broad SMARTS) is 1. The Balaban J connectivity index is 3.28. The summed E-state index contributed by atoms with van der Waals surface area (Å²) in [6.45, 7) is 1.64. The second-order valence-corrected chi connectivity index (χ2v) is 2.90. The predicted molar refractivity (Wildman–Crippen MR) is 47.4 cm³/mol. The van der Waals surface area contributed by atoms with Gasteiger partial charge < -0.3 is 5.11 Å². The summed E-state index contributed by atoms with van der Waals surface area (Å²) in [6.07, 6.45) is 0.0897. The van der Waals surface area contributed by atoms with Crippen molar-refractivity contribution in [2.75, 3.05) is 0 Å². The van der Waals surface area contributed by atoms with E-state index < -0.39 is 11.8 Å². The van der Waals surface area contributed by atoms with E-state index in [0.717, 1.165) is 6.07 Å². The molecule has 1 N–H and O–H groups in total. The lowest BCUT2D eigenvalue weighted by Gasteiger charge is -2.04. The van der Waals surface area contributed by atoms with Crippen LogP contribution in [0.5, 0.6) is 0 Å². The van der Waals surface area contributed by atoms with Gasteiger partial charge in [-0.1, -0.05) is 0 Å². The molecule has 0 unspecified atom stereocenters. The van der Waals surface area contributed by atoms with Crippen molar-refractivity contribution in [2.24, 2.45) is 0 Å². The fraction of sp³-hybridized carbons (Fsp3) is 0.200. The topological polar surface area (TPSA) is 61.1 Å². The van der Waals surface area contributed by atoms with Gasteiger partial charge in [-0.2, -0.15) is 5.26 Å². The van der Waals surface area contributed by atoms with Gasteiger partial charge in [0.1, 0.15) is 5.82 Å². The molecule has 0 fully saturated rings. The highest BCUT2D eigenvalue weighted by Crippen LogP contribution is 2.15. The Morgan fingerprint density at radius 3 is 2.79 bits per heavy atom. The number of hydrogen-bond acceptors (Lipinski definition) is 2. The standard InChI is InChI=1S/C10H8FNO2/c1-6-4-9(11)8(10(13)14)5-7(6)2-3-12/h4-5H,2H2,1H3,(H,13,14). The molecule has 72 valence electrons. The summed E-state index contributed by atoms with van der Waals surface area (Å²) in [7, 11) is 0. The van der Waals surface area contributed by atoms with Crippen molar-refractivity contribution in [1.29, 1.82) is 5.26 Å². The summed E-state index contributed by atoms with van der Waals surface area (Å²) >= 11 is 0. The van der Waals surface area contributed by atoms with Crippen LogP contribution in [0.4, 0.5) is 4.39 Å². The van der Waals surface area contributed by atoms with Gasteiger partial charge >= 0.3 is 5.97 Å². The lowest BCUT2D eigenvalue weighted by molar-refractivity contribution is 0.0692. The monoisotopic (exact) mass is 193 g/mol. The Hall–Kier alpha value is -1.89. The molecule has 0 radical (unpaired) electrons. The molecule has 0 aromatic heterocycles. The van der Waals surface area contributed by atoms with Crippen LogP contribution in [0.25, 0.3) is 0 Å². The van der Waals surface area contributed by atoms with Gasteiger partial charge in [-0.25, -0.2) is 9.18 Å². The second kappa shape index (κ2) is 3.88. The number of aromatic carboxylic acids is 1. The third kappa shape index (κ3) is 1.88. The molecule has 0 bridgehead atoms. The van der Waals surface area contributed by atoms with Crippen molar-refractivity contribution in [3.63, 3.8) is 0 Å². The minimum Gasteiger partial charge on any atom is -0.478 e. The average Bonchev–Trinajstić information content (AvgIpc) is 2.09. The molecule has 0 atom stereocenters. The molecule has 0 aliphatic carbocycles. The molecular formula is C10H8FNO2. The molecule has 0 saturated heterocycles.